The van der Waals surface area contributed by atoms with Crippen molar-refractivity contribution in [1.82, 2.24) is 9.88 Å². The van der Waals surface area contributed by atoms with Gasteiger partial charge < -0.3 is 34.1 Å². The summed E-state index contributed by atoms with van der Waals surface area (Å²) in [5, 5.41) is 14.0. The number of esters is 1. The van der Waals surface area contributed by atoms with Gasteiger partial charge in [-0.2, -0.15) is 0 Å². The fourth-order valence-corrected chi connectivity index (χ4v) is 5.30. The molecule has 0 aliphatic carbocycles. The summed E-state index contributed by atoms with van der Waals surface area (Å²) in [6.45, 7) is 9.54. The minimum Gasteiger partial charge on any atom is -0.872 e. The Hall–Kier alpha value is -3.63. The highest BCUT2D eigenvalue weighted by Gasteiger charge is 2.44. The van der Waals surface area contributed by atoms with Crippen molar-refractivity contribution < 1.29 is 38.6 Å². The van der Waals surface area contributed by atoms with Crippen LogP contribution in [0.3, 0.4) is 0 Å². The second-order valence-corrected chi connectivity index (χ2v) is 9.56. The summed E-state index contributed by atoms with van der Waals surface area (Å²) in [6, 6.07) is 6.20. The molecule has 4 rings (SSSR count). The third-order valence-corrected chi connectivity index (χ3v) is 7.21. The number of aromatic amines is 1. The minimum absolute atomic E-state index is 0.123. The Labute approximate surface area is 222 Å². The number of likely N-dealkylation sites (tertiary alicyclic amines) is 1. The van der Waals surface area contributed by atoms with Crippen molar-refractivity contribution in [3.8, 4) is 5.75 Å². The van der Waals surface area contributed by atoms with E-state index < -0.39 is 29.5 Å². The van der Waals surface area contributed by atoms with Gasteiger partial charge in [0.1, 0.15) is 24.5 Å². The molecule has 1 amide bonds. The molecule has 1 unspecified atom stereocenters. The van der Waals surface area contributed by atoms with E-state index in [-0.39, 0.29) is 23.4 Å². The maximum absolute atomic E-state index is 14.0. The molecule has 3 heterocycles. The van der Waals surface area contributed by atoms with Crippen molar-refractivity contribution in [2.45, 2.75) is 33.2 Å². The van der Waals surface area contributed by atoms with Gasteiger partial charge >= 0.3 is 5.97 Å². The van der Waals surface area contributed by atoms with E-state index >= 15 is 0 Å². The monoisotopic (exact) mass is 525 g/mol. The van der Waals surface area contributed by atoms with Gasteiger partial charge in [-0.3, -0.25) is 9.59 Å². The number of benzene rings is 1. The number of hydrogen-bond donors (Lipinski definition) is 2. The number of quaternary nitrogens is 1. The van der Waals surface area contributed by atoms with Gasteiger partial charge in [0.25, 0.3) is 5.91 Å². The number of ether oxygens (including phenoxy) is 3. The van der Waals surface area contributed by atoms with E-state index in [0.717, 1.165) is 19.6 Å². The molecule has 0 spiro atoms. The molecular formula is C28H35N3O7. The number of nitrogens with one attached hydrogen (secondary N) is 2. The van der Waals surface area contributed by atoms with Crippen molar-refractivity contribution in [2.75, 3.05) is 53.1 Å². The molecular weight excluding hydrogens is 490 g/mol. The van der Waals surface area contributed by atoms with E-state index in [0.29, 0.717) is 48.7 Å². The van der Waals surface area contributed by atoms with Crippen LogP contribution < -0.4 is 14.7 Å². The second kappa shape index (κ2) is 11.8. The van der Waals surface area contributed by atoms with Gasteiger partial charge in [-0.25, -0.2) is 4.79 Å². The van der Waals surface area contributed by atoms with Crippen LogP contribution in [0.15, 0.2) is 29.8 Å². The number of carbonyl (C=O) groups excluding carboxylic acids is 3. The van der Waals surface area contributed by atoms with Gasteiger partial charge in [0.05, 0.1) is 39.5 Å². The van der Waals surface area contributed by atoms with E-state index in [9.17, 15) is 19.5 Å². The molecule has 2 saturated heterocycles. The Morgan fingerprint density at radius 3 is 2.66 bits per heavy atom. The largest absolute Gasteiger partial charge is 0.872 e. The van der Waals surface area contributed by atoms with Crippen molar-refractivity contribution in [1.29, 1.82) is 0 Å². The number of morpholine rings is 1. The maximum Gasteiger partial charge on any atom is 0.355 e. The third-order valence-electron chi connectivity index (χ3n) is 7.21. The van der Waals surface area contributed by atoms with Crippen molar-refractivity contribution in [3.05, 3.63) is 57.9 Å². The quantitative estimate of drug-likeness (QED) is 0.209. The fraction of sp³-hybridized carbons (Fsp3) is 0.464. The van der Waals surface area contributed by atoms with Crippen LogP contribution in [0.4, 0.5) is 0 Å². The van der Waals surface area contributed by atoms with E-state index in [1.807, 2.05) is 0 Å². The molecule has 10 heteroatoms. The van der Waals surface area contributed by atoms with Gasteiger partial charge in [-0.05, 0) is 49.6 Å². The van der Waals surface area contributed by atoms with Crippen LogP contribution in [0.25, 0.3) is 5.76 Å². The SMILES string of the molecule is CCOC(=O)c1[nH]c(C)c(/C([O-])=C2\C(=O)C(=O)N(CCC[NH+]3CCOCC3)C2c2cccc(OC)c2)c1C. The number of carbonyl (C=O) groups is 3. The third kappa shape index (κ3) is 5.32. The molecule has 2 aliphatic heterocycles. The fourth-order valence-electron chi connectivity index (χ4n) is 5.30. The number of aromatic nitrogens is 1. The number of nitrogens with zero attached hydrogens (tertiary/aromatic N) is 1. The number of ketones is 1. The lowest BCUT2D eigenvalue weighted by molar-refractivity contribution is -0.908. The molecule has 1 aromatic carbocycles. The first-order valence-electron chi connectivity index (χ1n) is 13.0. The van der Waals surface area contributed by atoms with Crippen LogP contribution in [0.5, 0.6) is 5.75 Å². The molecule has 0 bridgehead atoms. The highest BCUT2D eigenvalue weighted by Crippen LogP contribution is 2.40. The molecule has 0 radical (unpaired) electrons. The molecule has 38 heavy (non-hydrogen) atoms. The second-order valence-electron chi connectivity index (χ2n) is 9.56. The zero-order valence-corrected chi connectivity index (χ0v) is 22.3. The molecule has 204 valence electrons. The summed E-state index contributed by atoms with van der Waals surface area (Å²) in [5.74, 6) is -2.12. The van der Waals surface area contributed by atoms with Crippen molar-refractivity contribution in [3.63, 3.8) is 0 Å². The average molecular weight is 526 g/mol. The topological polar surface area (TPSA) is 125 Å². The molecule has 2 fully saturated rings. The van der Waals surface area contributed by atoms with Gasteiger partial charge in [0.15, 0.2) is 0 Å². The Morgan fingerprint density at radius 2 is 1.97 bits per heavy atom. The lowest BCUT2D eigenvalue weighted by atomic mass is 9.94. The van der Waals surface area contributed by atoms with Gasteiger partial charge in [-0.1, -0.05) is 17.9 Å². The Bertz CT molecular complexity index is 1240. The molecule has 1 aromatic heterocycles. The minimum atomic E-state index is -0.864. The first kappa shape index (κ1) is 27.4. The summed E-state index contributed by atoms with van der Waals surface area (Å²) in [6.07, 6.45) is 0.672. The Morgan fingerprint density at radius 1 is 1.24 bits per heavy atom. The Balaban J connectivity index is 1.75. The predicted octanol–water partition coefficient (Wildman–Crippen LogP) is 0.346. The standard InChI is InChI=1S/C28H35N3O7/c1-5-38-28(35)23-17(2)21(18(3)29-23)25(32)22-24(19-8-6-9-20(16-19)36-4)31(27(34)26(22)33)11-7-10-30-12-14-37-15-13-30/h6,8-9,16,24,29,32H,5,7,10-15H2,1-4H3/b25-22+. The van der Waals surface area contributed by atoms with Gasteiger partial charge in [0.2, 0.25) is 5.78 Å². The number of rotatable bonds is 9. The highest BCUT2D eigenvalue weighted by atomic mass is 16.5. The van der Waals surface area contributed by atoms with Crippen LogP contribution >= 0.6 is 0 Å². The smallest absolute Gasteiger partial charge is 0.355 e. The first-order valence-corrected chi connectivity index (χ1v) is 13.0. The predicted molar refractivity (Wildman–Crippen MR) is 137 cm³/mol. The zero-order chi connectivity index (χ0) is 27.4. The van der Waals surface area contributed by atoms with Crippen LogP contribution in [0.1, 0.15) is 52.3 Å². The summed E-state index contributed by atoms with van der Waals surface area (Å²) in [7, 11) is 1.53. The number of H-pyrrole nitrogens is 1. The Kier molecular flexibility index (Phi) is 8.53. The molecule has 1 atom stereocenters. The average Bonchev–Trinajstić information content (AvgIpc) is 3.36. The van der Waals surface area contributed by atoms with E-state index in [2.05, 4.69) is 4.98 Å². The van der Waals surface area contributed by atoms with E-state index in [4.69, 9.17) is 14.2 Å². The summed E-state index contributed by atoms with van der Waals surface area (Å²) < 4.78 is 15.9. The van der Waals surface area contributed by atoms with Crippen molar-refractivity contribution in [2.24, 2.45) is 0 Å². The normalized spacial score (nSPS) is 19.7. The van der Waals surface area contributed by atoms with E-state index in [1.54, 1.807) is 45.0 Å². The molecule has 2 aliphatic rings. The van der Waals surface area contributed by atoms with Crippen LogP contribution in [0.2, 0.25) is 0 Å². The zero-order valence-electron chi connectivity index (χ0n) is 22.3. The molecule has 2 aromatic rings. The van der Waals surface area contributed by atoms with Gasteiger partial charge in [-0.15, -0.1) is 0 Å². The van der Waals surface area contributed by atoms with Crippen molar-refractivity contribution >= 4 is 23.4 Å². The van der Waals surface area contributed by atoms with E-state index in [1.165, 1.54) is 16.9 Å². The van der Waals surface area contributed by atoms with Gasteiger partial charge in [0, 0.05) is 24.2 Å². The first-order chi connectivity index (χ1) is 18.3. The summed E-state index contributed by atoms with van der Waals surface area (Å²) in [4.78, 5) is 44.9. The number of aryl methyl sites for hydroxylation is 1. The molecule has 2 N–H and O–H groups in total. The number of Topliss-reactive ketones (excluding diaryl/α,β-unsaturated/α-hetero) is 1. The highest BCUT2D eigenvalue weighted by molar-refractivity contribution is 6.46. The lowest BCUT2D eigenvalue weighted by Crippen LogP contribution is -3.14. The van der Waals surface area contributed by atoms with Crippen LogP contribution in [0, 0.1) is 13.8 Å². The number of hydrogen-bond acceptors (Lipinski definition) is 7. The number of methoxy groups -OCH3 is 1. The van der Waals surface area contributed by atoms with Crippen LogP contribution in [-0.2, 0) is 19.1 Å². The molecule has 0 saturated carbocycles. The number of amides is 1. The molecule has 10 nitrogen and oxygen atoms in total. The summed E-state index contributed by atoms with van der Waals surface area (Å²) >= 11 is 0. The maximum atomic E-state index is 14.0. The van der Waals surface area contributed by atoms with Crippen LogP contribution in [-0.4, -0.2) is 80.7 Å². The summed E-state index contributed by atoms with van der Waals surface area (Å²) in [5.41, 5.74) is 1.68. The lowest BCUT2D eigenvalue weighted by Gasteiger charge is -2.29.